The van der Waals surface area contributed by atoms with E-state index < -0.39 is 15.8 Å². The van der Waals surface area contributed by atoms with Crippen molar-refractivity contribution in [3.63, 3.8) is 0 Å². The molecule has 1 aliphatic rings. The number of rotatable bonds is 6. The monoisotopic (exact) mass is 488 g/mol. The summed E-state index contributed by atoms with van der Waals surface area (Å²) in [4.78, 5) is 12.7. The highest BCUT2D eigenvalue weighted by Gasteiger charge is 2.45. The molecule has 0 radical (unpaired) electrons. The Kier molecular flexibility index (Phi) is 5.38. The highest BCUT2D eigenvalue weighted by Crippen LogP contribution is 2.45. The van der Waals surface area contributed by atoms with E-state index in [2.05, 4.69) is 26.0 Å². The Morgan fingerprint density at radius 1 is 0.900 bits per heavy atom. The second-order valence-electron chi connectivity index (χ2n) is 7.18. The van der Waals surface area contributed by atoms with Crippen LogP contribution in [0.2, 0.25) is 0 Å². The minimum Gasteiger partial charge on any atom is -0.343 e. The maximum absolute atomic E-state index is 13.0. The molecule has 1 saturated carbocycles. The fourth-order valence-electron chi connectivity index (χ4n) is 3.19. The summed E-state index contributed by atoms with van der Waals surface area (Å²) >= 11 is 3.41. The zero-order chi connectivity index (χ0) is 21.4. The predicted molar refractivity (Wildman–Crippen MR) is 116 cm³/mol. The smallest absolute Gasteiger partial charge is 0.261 e. The number of anilines is 1. The van der Waals surface area contributed by atoms with Gasteiger partial charge in [-0.05, 0) is 79.1 Å². The van der Waals surface area contributed by atoms with E-state index in [0.717, 1.165) is 35.0 Å². The number of halogens is 2. The van der Waals surface area contributed by atoms with Crippen molar-refractivity contribution in [1.82, 2.24) is 5.32 Å². The number of benzene rings is 3. The van der Waals surface area contributed by atoms with Crippen molar-refractivity contribution < 1.29 is 17.6 Å². The number of amides is 1. The molecule has 2 N–H and O–H groups in total. The molecule has 1 amide bonds. The summed E-state index contributed by atoms with van der Waals surface area (Å²) in [5.74, 6) is -0.732. The summed E-state index contributed by atoms with van der Waals surface area (Å²) in [6, 6.07) is 18.6. The number of nitrogens with one attached hydrogen (secondary N) is 2. The number of sulfonamides is 1. The third-order valence-corrected chi connectivity index (χ3v) is 6.95. The zero-order valence-corrected chi connectivity index (χ0v) is 18.1. The van der Waals surface area contributed by atoms with E-state index >= 15 is 0 Å². The molecule has 0 atom stereocenters. The topological polar surface area (TPSA) is 75.3 Å². The number of carbonyl (C=O) groups is 1. The summed E-state index contributed by atoms with van der Waals surface area (Å²) in [6.45, 7) is 0. The Labute approximate surface area is 182 Å². The average molecular weight is 489 g/mol. The first-order valence-corrected chi connectivity index (χ1v) is 11.5. The third-order valence-electron chi connectivity index (χ3n) is 5.02. The lowest BCUT2D eigenvalue weighted by Crippen LogP contribution is -2.34. The number of hydrogen-bond donors (Lipinski definition) is 2. The van der Waals surface area contributed by atoms with Gasteiger partial charge in [-0.3, -0.25) is 9.52 Å². The van der Waals surface area contributed by atoms with Crippen molar-refractivity contribution in [3.05, 3.63) is 94.2 Å². The van der Waals surface area contributed by atoms with Gasteiger partial charge < -0.3 is 5.32 Å². The Bertz CT molecular complexity index is 1170. The molecule has 3 aromatic carbocycles. The van der Waals surface area contributed by atoms with Crippen LogP contribution in [0.25, 0.3) is 0 Å². The lowest BCUT2D eigenvalue weighted by Gasteiger charge is -2.18. The van der Waals surface area contributed by atoms with Crippen molar-refractivity contribution in [2.75, 3.05) is 4.72 Å². The molecule has 0 spiro atoms. The first kappa shape index (κ1) is 20.6. The van der Waals surface area contributed by atoms with Gasteiger partial charge in [0.05, 0.1) is 10.4 Å². The molecule has 1 fully saturated rings. The van der Waals surface area contributed by atoms with E-state index in [-0.39, 0.29) is 16.3 Å². The van der Waals surface area contributed by atoms with Gasteiger partial charge in [0, 0.05) is 15.7 Å². The van der Waals surface area contributed by atoms with Crippen molar-refractivity contribution in [1.29, 1.82) is 0 Å². The molecule has 1 aliphatic carbocycles. The first-order chi connectivity index (χ1) is 14.3. The lowest BCUT2D eigenvalue weighted by molar-refractivity contribution is 0.0931. The highest BCUT2D eigenvalue weighted by atomic mass is 79.9. The normalized spacial score (nSPS) is 14.7. The van der Waals surface area contributed by atoms with Crippen LogP contribution >= 0.6 is 15.9 Å². The second-order valence-corrected chi connectivity index (χ2v) is 9.78. The van der Waals surface area contributed by atoms with Gasteiger partial charge in [0.1, 0.15) is 5.82 Å². The molecule has 0 aliphatic heterocycles. The van der Waals surface area contributed by atoms with E-state index in [9.17, 15) is 17.6 Å². The van der Waals surface area contributed by atoms with Gasteiger partial charge >= 0.3 is 0 Å². The van der Waals surface area contributed by atoms with E-state index in [1.54, 1.807) is 12.1 Å². The standard InChI is InChI=1S/C22H18BrFN2O3S/c23-17-5-3-16(4-6-17)22(13-14-22)25-21(27)15-1-9-19(10-2-15)26-30(28,29)20-11-7-18(24)8-12-20/h1-12,26H,13-14H2,(H,25,27). The molecular weight excluding hydrogens is 471 g/mol. The van der Waals surface area contributed by atoms with Crippen LogP contribution in [0.4, 0.5) is 10.1 Å². The molecule has 154 valence electrons. The molecule has 0 bridgehead atoms. The fourth-order valence-corrected chi connectivity index (χ4v) is 4.51. The van der Waals surface area contributed by atoms with Crippen LogP contribution < -0.4 is 10.0 Å². The SMILES string of the molecule is O=C(NC1(c2ccc(Br)cc2)CC1)c1ccc(NS(=O)(=O)c2ccc(F)cc2)cc1. The van der Waals surface area contributed by atoms with Crippen molar-refractivity contribution in [2.45, 2.75) is 23.3 Å². The van der Waals surface area contributed by atoms with Crippen LogP contribution in [0.5, 0.6) is 0 Å². The quantitative estimate of drug-likeness (QED) is 0.522. The molecule has 4 rings (SSSR count). The van der Waals surface area contributed by atoms with E-state index in [1.807, 2.05) is 24.3 Å². The van der Waals surface area contributed by atoms with Crippen LogP contribution in [0, 0.1) is 5.82 Å². The van der Waals surface area contributed by atoms with Crippen molar-refractivity contribution in [3.8, 4) is 0 Å². The van der Waals surface area contributed by atoms with Crippen LogP contribution in [0.1, 0.15) is 28.8 Å². The highest BCUT2D eigenvalue weighted by molar-refractivity contribution is 9.10. The molecule has 8 heteroatoms. The van der Waals surface area contributed by atoms with Gasteiger partial charge in [-0.25, -0.2) is 12.8 Å². The van der Waals surface area contributed by atoms with Crippen molar-refractivity contribution in [2.24, 2.45) is 0 Å². The van der Waals surface area contributed by atoms with E-state index in [1.165, 1.54) is 24.3 Å². The molecule has 30 heavy (non-hydrogen) atoms. The molecular formula is C22H18BrFN2O3S. The molecule has 0 unspecified atom stereocenters. The van der Waals surface area contributed by atoms with Gasteiger partial charge in [0.25, 0.3) is 15.9 Å². The van der Waals surface area contributed by atoms with E-state index in [0.29, 0.717) is 11.3 Å². The number of carbonyl (C=O) groups excluding carboxylic acids is 1. The molecule has 0 heterocycles. The van der Waals surface area contributed by atoms with Crippen LogP contribution in [0.3, 0.4) is 0 Å². The Morgan fingerprint density at radius 2 is 1.50 bits per heavy atom. The van der Waals surface area contributed by atoms with E-state index in [4.69, 9.17) is 0 Å². The van der Waals surface area contributed by atoms with Crippen LogP contribution in [-0.2, 0) is 15.6 Å². The summed E-state index contributed by atoms with van der Waals surface area (Å²) in [7, 11) is -3.84. The predicted octanol–water partition coefficient (Wildman–Crippen LogP) is 4.81. The third kappa shape index (κ3) is 4.39. The van der Waals surface area contributed by atoms with Crippen molar-refractivity contribution >= 4 is 37.5 Å². The Hall–Kier alpha value is -2.71. The first-order valence-electron chi connectivity index (χ1n) is 9.24. The Morgan fingerprint density at radius 3 is 2.07 bits per heavy atom. The number of hydrogen-bond acceptors (Lipinski definition) is 3. The molecule has 0 aromatic heterocycles. The van der Waals surface area contributed by atoms with Gasteiger partial charge in [-0.1, -0.05) is 28.1 Å². The molecule has 0 saturated heterocycles. The summed E-state index contributed by atoms with van der Waals surface area (Å²) in [6.07, 6.45) is 1.74. The maximum atomic E-state index is 13.0. The van der Waals surface area contributed by atoms with Crippen LogP contribution in [0.15, 0.2) is 82.2 Å². The summed E-state index contributed by atoms with van der Waals surface area (Å²) in [5.41, 5.74) is 1.46. The van der Waals surface area contributed by atoms with Gasteiger partial charge in [0.2, 0.25) is 0 Å². The fraction of sp³-hybridized carbons (Fsp3) is 0.136. The second kappa shape index (κ2) is 7.85. The van der Waals surface area contributed by atoms with Gasteiger partial charge in [-0.15, -0.1) is 0 Å². The zero-order valence-electron chi connectivity index (χ0n) is 15.7. The summed E-state index contributed by atoms with van der Waals surface area (Å²) in [5, 5.41) is 3.09. The molecule has 5 nitrogen and oxygen atoms in total. The maximum Gasteiger partial charge on any atom is 0.261 e. The Balaban J connectivity index is 1.45. The molecule has 3 aromatic rings. The summed E-state index contributed by atoms with van der Waals surface area (Å²) < 4.78 is 41.2. The minimum absolute atomic E-state index is 0.0455. The average Bonchev–Trinajstić information content (AvgIpc) is 3.49. The minimum atomic E-state index is -3.84. The van der Waals surface area contributed by atoms with Crippen LogP contribution in [-0.4, -0.2) is 14.3 Å². The largest absolute Gasteiger partial charge is 0.343 e. The lowest BCUT2D eigenvalue weighted by atomic mass is 10.0. The van der Waals surface area contributed by atoms with Gasteiger partial charge in [0.15, 0.2) is 0 Å². The van der Waals surface area contributed by atoms with Gasteiger partial charge in [-0.2, -0.15) is 0 Å².